The topological polar surface area (TPSA) is 73.5 Å². The summed E-state index contributed by atoms with van der Waals surface area (Å²) < 4.78 is 5.75. The van der Waals surface area contributed by atoms with Crippen molar-refractivity contribution in [3.05, 3.63) is 0 Å². The SMILES string of the molecule is C#C.C#C.CC#N.CO.COC1CCC2CCC3C4CCCC4(C)CC(O)C3C2(C)C1. The molecule has 2 N–H and O–H groups in total. The third kappa shape index (κ3) is 6.05. The van der Waals surface area contributed by atoms with E-state index in [2.05, 4.69) is 39.5 Å². The molecule has 8 unspecified atom stereocenters. The van der Waals surface area contributed by atoms with Crippen LogP contribution in [0.4, 0.5) is 0 Å². The van der Waals surface area contributed by atoms with Crippen molar-refractivity contribution >= 4 is 0 Å². The maximum absolute atomic E-state index is 11.1. The quantitative estimate of drug-likeness (QED) is 0.570. The number of nitriles is 1. The van der Waals surface area contributed by atoms with Crippen LogP contribution in [0, 0.1) is 71.5 Å². The van der Waals surface area contributed by atoms with Gasteiger partial charge in [-0.15, -0.1) is 25.7 Å². The van der Waals surface area contributed by atoms with Crippen molar-refractivity contribution < 1.29 is 14.9 Å². The van der Waals surface area contributed by atoms with E-state index in [4.69, 9.17) is 15.1 Å². The second kappa shape index (κ2) is 13.8. The van der Waals surface area contributed by atoms with E-state index in [1.807, 2.05) is 7.11 Å². The molecule has 176 valence electrons. The summed E-state index contributed by atoms with van der Waals surface area (Å²) in [5.41, 5.74) is 0.740. The van der Waals surface area contributed by atoms with Crippen LogP contribution < -0.4 is 0 Å². The minimum Gasteiger partial charge on any atom is -0.400 e. The predicted molar refractivity (Wildman–Crippen MR) is 128 cm³/mol. The maximum Gasteiger partial charge on any atom is 0.0587 e. The second-order valence-electron chi connectivity index (χ2n) is 9.76. The van der Waals surface area contributed by atoms with Crippen molar-refractivity contribution in [2.75, 3.05) is 14.2 Å². The lowest BCUT2D eigenvalue weighted by Crippen LogP contribution is -2.58. The Kier molecular flexibility index (Phi) is 13.1. The molecule has 0 bridgehead atoms. The summed E-state index contributed by atoms with van der Waals surface area (Å²) in [6.07, 6.45) is 28.0. The Hall–Kier alpha value is -1.51. The van der Waals surface area contributed by atoms with Crippen LogP contribution >= 0.6 is 0 Å². The van der Waals surface area contributed by atoms with Crippen molar-refractivity contribution in [3.8, 4) is 31.8 Å². The zero-order valence-electron chi connectivity index (χ0n) is 20.4. The van der Waals surface area contributed by atoms with Crippen LogP contribution in [-0.2, 0) is 4.74 Å². The highest BCUT2D eigenvalue weighted by molar-refractivity contribution is 5.10. The van der Waals surface area contributed by atoms with Gasteiger partial charge in [-0.2, -0.15) is 5.26 Å². The van der Waals surface area contributed by atoms with Crippen LogP contribution in [0.3, 0.4) is 0 Å². The van der Waals surface area contributed by atoms with Crippen molar-refractivity contribution in [1.29, 1.82) is 5.26 Å². The van der Waals surface area contributed by atoms with Gasteiger partial charge in [0.25, 0.3) is 0 Å². The number of aliphatic hydroxyl groups excluding tert-OH is 2. The molecule has 4 nitrogen and oxygen atoms in total. The lowest BCUT2D eigenvalue weighted by molar-refractivity contribution is -0.177. The smallest absolute Gasteiger partial charge is 0.0587 e. The maximum atomic E-state index is 11.1. The number of fused-ring (bicyclic) bond motifs is 5. The van der Waals surface area contributed by atoms with Crippen molar-refractivity contribution in [2.45, 2.75) is 90.8 Å². The molecule has 0 aromatic carbocycles. The van der Waals surface area contributed by atoms with Crippen molar-refractivity contribution in [1.82, 2.24) is 0 Å². The Balaban J connectivity index is 0.000000886. The summed E-state index contributed by atoms with van der Waals surface area (Å²) in [6, 6.07) is 1.75. The lowest BCUT2D eigenvalue weighted by Gasteiger charge is -2.62. The van der Waals surface area contributed by atoms with E-state index in [0.29, 0.717) is 22.9 Å². The first-order valence-corrected chi connectivity index (χ1v) is 11.5. The molecule has 0 aromatic heterocycles. The first-order valence-electron chi connectivity index (χ1n) is 11.5. The van der Waals surface area contributed by atoms with Crippen LogP contribution in [0.15, 0.2) is 0 Å². The van der Waals surface area contributed by atoms with Gasteiger partial charge in [0.1, 0.15) is 0 Å². The fraction of sp³-hybridized carbons (Fsp3) is 0.815. The molecule has 4 fully saturated rings. The number of nitrogens with zero attached hydrogens (tertiary/aromatic N) is 1. The van der Waals surface area contributed by atoms with Crippen LogP contribution in [0.2, 0.25) is 0 Å². The number of terminal acetylenes is 2. The summed E-state index contributed by atoms with van der Waals surface area (Å²) in [6.45, 7) is 6.40. The largest absolute Gasteiger partial charge is 0.400 e. The van der Waals surface area contributed by atoms with E-state index in [1.54, 1.807) is 6.07 Å². The minimum atomic E-state index is -0.0762. The van der Waals surface area contributed by atoms with Gasteiger partial charge in [-0.1, -0.05) is 20.3 Å². The Morgan fingerprint density at radius 2 is 1.52 bits per heavy atom. The van der Waals surface area contributed by atoms with Crippen LogP contribution in [-0.4, -0.2) is 36.6 Å². The number of hydrogen-bond acceptors (Lipinski definition) is 4. The molecule has 31 heavy (non-hydrogen) atoms. The van der Waals surface area contributed by atoms with E-state index in [9.17, 15) is 5.11 Å². The second-order valence-corrected chi connectivity index (χ2v) is 9.76. The summed E-state index contributed by atoms with van der Waals surface area (Å²) in [4.78, 5) is 0. The predicted octanol–water partition coefficient (Wildman–Crippen LogP) is 5.04. The molecular weight excluding hydrogens is 386 g/mol. The third-order valence-electron chi connectivity index (χ3n) is 8.61. The normalized spacial score (nSPS) is 41.6. The summed E-state index contributed by atoms with van der Waals surface area (Å²) in [5, 5.41) is 25.5. The van der Waals surface area contributed by atoms with E-state index in [-0.39, 0.29) is 6.10 Å². The molecule has 0 radical (unpaired) electrons. The highest BCUT2D eigenvalue weighted by atomic mass is 16.5. The molecule has 0 amide bonds. The Bertz CT molecular complexity index is 588. The van der Waals surface area contributed by atoms with Gasteiger partial charge in [-0.25, -0.2) is 0 Å². The highest BCUT2D eigenvalue weighted by Gasteiger charge is 2.61. The molecule has 4 rings (SSSR count). The van der Waals surface area contributed by atoms with Gasteiger partial charge >= 0.3 is 0 Å². The fourth-order valence-electron chi connectivity index (χ4n) is 7.65. The average molecular weight is 432 g/mol. The number of methoxy groups -OCH3 is 1. The van der Waals surface area contributed by atoms with Crippen LogP contribution in [0.5, 0.6) is 0 Å². The molecule has 0 aliphatic heterocycles. The Morgan fingerprint density at radius 3 is 2.06 bits per heavy atom. The van der Waals surface area contributed by atoms with E-state index in [0.717, 1.165) is 31.3 Å². The lowest BCUT2D eigenvalue weighted by atomic mass is 9.44. The van der Waals surface area contributed by atoms with Gasteiger partial charge < -0.3 is 14.9 Å². The molecular formula is C27H45NO3. The highest BCUT2D eigenvalue weighted by Crippen LogP contribution is 2.66. The molecule has 0 saturated heterocycles. The third-order valence-corrected chi connectivity index (χ3v) is 8.61. The Labute approximate surface area is 191 Å². The first kappa shape index (κ1) is 29.5. The van der Waals surface area contributed by atoms with Gasteiger partial charge in [0, 0.05) is 21.1 Å². The minimum absolute atomic E-state index is 0.0762. The number of aliphatic hydroxyl groups is 2. The molecule has 4 aliphatic rings. The Morgan fingerprint density at radius 1 is 0.968 bits per heavy atom. The summed E-state index contributed by atoms with van der Waals surface area (Å²) in [7, 11) is 2.87. The van der Waals surface area contributed by atoms with E-state index in [1.165, 1.54) is 58.3 Å². The zero-order valence-corrected chi connectivity index (χ0v) is 20.4. The van der Waals surface area contributed by atoms with Crippen LogP contribution in [0.25, 0.3) is 0 Å². The molecule has 0 heterocycles. The monoisotopic (exact) mass is 431 g/mol. The molecule has 8 atom stereocenters. The fourth-order valence-corrected chi connectivity index (χ4v) is 7.65. The molecule has 0 spiro atoms. The standard InChI is InChI=1S/C20H34O2.C2H3N.2C2H2.CH4O/c1-19-10-4-5-16(19)15-9-7-13-6-8-14(22-3)11-20(13,2)18(15)17(21)12-19;1-2-3;3*1-2/h13-18,21H,4-12H2,1-3H3;1H3;2*1-2H;2H,1H3. The number of rotatable bonds is 1. The van der Waals surface area contributed by atoms with E-state index < -0.39 is 0 Å². The van der Waals surface area contributed by atoms with Gasteiger partial charge in [-0.05, 0) is 85.9 Å². The van der Waals surface area contributed by atoms with E-state index >= 15 is 0 Å². The molecule has 4 saturated carbocycles. The molecule has 4 heteroatoms. The average Bonchev–Trinajstić information content (AvgIpc) is 3.18. The van der Waals surface area contributed by atoms with Gasteiger partial charge in [0.2, 0.25) is 0 Å². The van der Waals surface area contributed by atoms with Crippen molar-refractivity contribution in [2.24, 2.45) is 34.5 Å². The van der Waals surface area contributed by atoms with Gasteiger partial charge in [0.15, 0.2) is 0 Å². The first-order chi connectivity index (χ1) is 14.9. The van der Waals surface area contributed by atoms with Crippen LogP contribution in [0.1, 0.15) is 78.6 Å². The summed E-state index contributed by atoms with van der Waals surface area (Å²) >= 11 is 0. The van der Waals surface area contributed by atoms with Crippen molar-refractivity contribution in [3.63, 3.8) is 0 Å². The number of hydrogen-bond donors (Lipinski definition) is 2. The number of ether oxygens (including phenoxy) is 1. The zero-order chi connectivity index (χ0) is 24.2. The summed E-state index contributed by atoms with van der Waals surface area (Å²) in [5.74, 6) is 3.00. The molecule has 4 aliphatic carbocycles. The molecule has 0 aromatic rings. The van der Waals surface area contributed by atoms with Gasteiger partial charge in [0.05, 0.1) is 18.3 Å². The van der Waals surface area contributed by atoms with Gasteiger partial charge in [-0.3, -0.25) is 0 Å².